The standard InChI is InChI=1S/C19H18F2N4O4/c20-11-5-10-14(15(21)16(11)24-7-8-1-2-9(24)6-22-8)19(29)25(18(10)28)12-3-4-13(26)23-17(12)27/h5,8-9,12,22H,1-4,6-7H2,(H,23,26,27). The zero-order chi connectivity index (χ0) is 20.4. The van der Waals surface area contributed by atoms with Gasteiger partial charge in [-0.15, -0.1) is 0 Å². The van der Waals surface area contributed by atoms with Gasteiger partial charge in [0.1, 0.15) is 17.5 Å². The Kier molecular flexibility index (Phi) is 3.95. The molecular weight excluding hydrogens is 386 g/mol. The molecule has 3 atom stereocenters. The summed E-state index contributed by atoms with van der Waals surface area (Å²) >= 11 is 0. The van der Waals surface area contributed by atoms with Crippen LogP contribution in [0.4, 0.5) is 14.5 Å². The van der Waals surface area contributed by atoms with Gasteiger partial charge in [-0.2, -0.15) is 0 Å². The Hall–Kier alpha value is -2.88. The zero-order valence-electron chi connectivity index (χ0n) is 15.3. The van der Waals surface area contributed by atoms with Gasteiger partial charge in [0.25, 0.3) is 11.8 Å². The van der Waals surface area contributed by atoms with E-state index in [9.17, 15) is 23.6 Å². The van der Waals surface area contributed by atoms with Crippen LogP contribution in [0.2, 0.25) is 0 Å². The SMILES string of the molecule is O=C1CCC(N2C(=O)c3cc(F)c(N4CC5CCC4CN5)c(F)c3C2=O)C(=O)N1. The normalized spacial score (nSPS) is 28.8. The molecule has 3 unspecified atom stereocenters. The Morgan fingerprint density at radius 2 is 1.83 bits per heavy atom. The van der Waals surface area contributed by atoms with E-state index in [1.54, 1.807) is 4.90 Å². The van der Waals surface area contributed by atoms with Crippen molar-refractivity contribution in [1.29, 1.82) is 0 Å². The first-order chi connectivity index (χ1) is 13.9. The second kappa shape index (κ2) is 6.31. The fraction of sp³-hybridized carbons (Fsp3) is 0.474. The maximum atomic E-state index is 15.4. The highest BCUT2D eigenvalue weighted by Gasteiger charge is 2.48. The van der Waals surface area contributed by atoms with Crippen molar-refractivity contribution >= 4 is 29.3 Å². The van der Waals surface area contributed by atoms with Crippen molar-refractivity contribution in [2.75, 3.05) is 18.0 Å². The average Bonchev–Trinajstić information content (AvgIpc) is 2.93. The maximum absolute atomic E-state index is 15.4. The van der Waals surface area contributed by atoms with E-state index in [1.165, 1.54) is 0 Å². The number of nitrogens with one attached hydrogen (secondary N) is 2. The molecule has 0 aliphatic carbocycles. The molecule has 1 aromatic carbocycles. The Morgan fingerprint density at radius 1 is 1.03 bits per heavy atom. The molecule has 4 fully saturated rings. The van der Waals surface area contributed by atoms with Crippen LogP contribution in [0.1, 0.15) is 46.4 Å². The van der Waals surface area contributed by atoms with Crippen LogP contribution in [-0.2, 0) is 9.59 Å². The number of anilines is 1. The summed E-state index contributed by atoms with van der Waals surface area (Å²) in [5.74, 6) is -5.17. The third kappa shape index (κ3) is 2.58. The van der Waals surface area contributed by atoms with Crippen LogP contribution < -0.4 is 15.5 Å². The molecule has 5 aliphatic rings. The Labute approximate surface area is 164 Å². The minimum absolute atomic E-state index is 0.0459. The number of hydrogen-bond donors (Lipinski definition) is 2. The topological polar surface area (TPSA) is 98.8 Å². The number of hydrogen-bond acceptors (Lipinski definition) is 6. The molecule has 0 radical (unpaired) electrons. The van der Waals surface area contributed by atoms with Crippen molar-refractivity contribution in [3.8, 4) is 0 Å². The van der Waals surface area contributed by atoms with Gasteiger partial charge in [-0.25, -0.2) is 8.78 Å². The highest BCUT2D eigenvalue weighted by atomic mass is 19.1. The van der Waals surface area contributed by atoms with Crippen LogP contribution in [0, 0.1) is 11.6 Å². The third-order valence-corrected chi connectivity index (χ3v) is 6.23. The van der Waals surface area contributed by atoms with Crippen LogP contribution >= 0.6 is 0 Å². The van der Waals surface area contributed by atoms with Gasteiger partial charge >= 0.3 is 0 Å². The summed E-state index contributed by atoms with van der Waals surface area (Å²) in [6.45, 7) is 1.01. The van der Waals surface area contributed by atoms with Gasteiger partial charge in [0.2, 0.25) is 11.8 Å². The molecule has 8 nitrogen and oxygen atoms in total. The lowest BCUT2D eigenvalue weighted by molar-refractivity contribution is -0.136. The monoisotopic (exact) mass is 404 g/mol. The van der Waals surface area contributed by atoms with Crippen LogP contribution in [0.15, 0.2) is 6.07 Å². The Bertz CT molecular complexity index is 973. The zero-order valence-corrected chi connectivity index (χ0v) is 15.3. The summed E-state index contributed by atoms with van der Waals surface area (Å²) in [7, 11) is 0. The van der Waals surface area contributed by atoms with Crippen molar-refractivity contribution in [1.82, 2.24) is 15.5 Å². The second-order valence-electron chi connectivity index (χ2n) is 7.88. The molecule has 6 rings (SSSR count). The molecular formula is C19H18F2N4O4. The predicted octanol–water partition coefficient (Wildman–Crippen LogP) is 0.307. The van der Waals surface area contributed by atoms with E-state index in [1.807, 2.05) is 0 Å². The lowest BCUT2D eigenvalue weighted by Gasteiger charge is -2.47. The van der Waals surface area contributed by atoms with E-state index in [0.29, 0.717) is 18.0 Å². The van der Waals surface area contributed by atoms with Crippen LogP contribution in [0.3, 0.4) is 0 Å². The quantitative estimate of drug-likeness (QED) is 0.689. The number of carbonyl (C=O) groups is 4. The number of rotatable bonds is 2. The number of carbonyl (C=O) groups excluding carboxylic acids is 4. The molecule has 2 bridgehead atoms. The summed E-state index contributed by atoms with van der Waals surface area (Å²) in [6, 6.07) is -0.318. The summed E-state index contributed by atoms with van der Waals surface area (Å²) in [5.41, 5.74) is -1.20. The highest BCUT2D eigenvalue weighted by Crippen LogP contribution is 2.38. The van der Waals surface area contributed by atoms with Crippen molar-refractivity contribution in [2.24, 2.45) is 0 Å². The number of imide groups is 2. The minimum Gasteiger partial charge on any atom is -0.361 e. The van der Waals surface area contributed by atoms with Gasteiger partial charge in [0.05, 0.1) is 11.1 Å². The molecule has 152 valence electrons. The van der Waals surface area contributed by atoms with Crippen LogP contribution in [-0.4, -0.2) is 59.7 Å². The first kappa shape index (κ1) is 18.2. The molecule has 5 heterocycles. The van der Waals surface area contributed by atoms with E-state index in [4.69, 9.17) is 0 Å². The van der Waals surface area contributed by atoms with Crippen molar-refractivity contribution < 1.29 is 28.0 Å². The summed E-state index contributed by atoms with van der Waals surface area (Å²) in [4.78, 5) is 51.4. The first-order valence-electron chi connectivity index (χ1n) is 9.60. The lowest BCUT2D eigenvalue weighted by atomic mass is 9.92. The second-order valence-corrected chi connectivity index (χ2v) is 7.88. The molecule has 29 heavy (non-hydrogen) atoms. The molecule has 2 N–H and O–H groups in total. The molecule has 0 spiro atoms. The van der Waals surface area contributed by atoms with E-state index in [-0.39, 0.29) is 30.6 Å². The Morgan fingerprint density at radius 3 is 2.45 bits per heavy atom. The number of piperidine rings is 3. The number of nitrogens with zero attached hydrogens (tertiary/aromatic N) is 2. The van der Waals surface area contributed by atoms with Crippen molar-refractivity contribution in [3.05, 3.63) is 28.8 Å². The molecule has 0 saturated carbocycles. The largest absolute Gasteiger partial charge is 0.361 e. The average molecular weight is 404 g/mol. The highest BCUT2D eigenvalue weighted by molar-refractivity contribution is 6.24. The van der Waals surface area contributed by atoms with E-state index < -0.39 is 52.4 Å². The van der Waals surface area contributed by atoms with Crippen molar-refractivity contribution in [3.63, 3.8) is 0 Å². The molecule has 10 heteroatoms. The number of piperazine rings is 1. The first-order valence-corrected chi connectivity index (χ1v) is 9.60. The molecule has 0 aromatic heterocycles. The molecule has 4 saturated heterocycles. The number of benzene rings is 1. The van der Waals surface area contributed by atoms with Crippen molar-refractivity contribution in [2.45, 2.75) is 43.8 Å². The summed E-state index contributed by atoms with van der Waals surface area (Å²) < 4.78 is 30.3. The third-order valence-electron chi connectivity index (χ3n) is 6.23. The maximum Gasteiger partial charge on any atom is 0.265 e. The fourth-order valence-electron chi connectivity index (χ4n) is 4.79. The number of halogens is 2. The smallest absolute Gasteiger partial charge is 0.265 e. The molecule has 4 amide bonds. The predicted molar refractivity (Wildman–Crippen MR) is 95.2 cm³/mol. The summed E-state index contributed by atoms with van der Waals surface area (Å²) in [5, 5.41) is 5.37. The molecule has 1 aromatic rings. The number of amides is 4. The van der Waals surface area contributed by atoms with Crippen LogP contribution in [0.5, 0.6) is 0 Å². The lowest BCUT2D eigenvalue weighted by Crippen LogP contribution is -2.61. The number of fused-ring (bicyclic) bond motifs is 4. The summed E-state index contributed by atoms with van der Waals surface area (Å²) in [6.07, 6.45) is 1.60. The minimum atomic E-state index is -1.22. The fourth-order valence-corrected chi connectivity index (χ4v) is 4.79. The van der Waals surface area contributed by atoms with Gasteiger partial charge < -0.3 is 10.2 Å². The van der Waals surface area contributed by atoms with Gasteiger partial charge in [0.15, 0.2) is 5.82 Å². The van der Waals surface area contributed by atoms with Gasteiger partial charge in [-0.3, -0.25) is 29.4 Å². The molecule has 5 aliphatic heterocycles. The Balaban J connectivity index is 1.54. The van der Waals surface area contributed by atoms with Gasteiger partial charge in [-0.05, 0) is 25.3 Å². The van der Waals surface area contributed by atoms with Gasteiger partial charge in [0, 0.05) is 31.6 Å². The van der Waals surface area contributed by atoms with E-state index in [2.05, 4.69) is 10.6 Å². The van der Waals surface area contributed by atoms with Gasteiger partial charge in [-0.1, -0.05) is 0 Å². The van der Waals surface area contributed by atoms with E-state index >= 15 is 4.39 Å². The van der Waals surface area contributed by atoms with E-state index in [0.717, 1.165) is 18.9 Å². The van der Waals surface area contributed by atoms with Crippen LogP contribution in [0.25, 0.3) is 0 Å².